The molecule has 17 heavy (non-hydrogen) atoms. The monoisotopic (exact) mass is 235 g/mol. The van der Waals surface area contributed by atoms with Crippen molar-refractivity contribution in [2.24, 2.45) is 11.7 Å². The third-order valence-electron chi connectivity index (χ3n) is 3.65. The Kier molecular flexibility index (Phi) is 3.64. The quantitative estimate of drug-likeness (QED) is 0.829. The maximum atomic E-state index is 9.50. The van der Waals surface area contributed by atoms with Gasteiger partial charge in [0.2, 0.25) is 0 Å². The Morgan fingerprint density at radius 3 is 3.06 bits per heavy atom. The minimum atomic E-state index is -0.0334. The van der Waals surface area contributed by atoms with E-state index < -0.39 is 0 Å². The highest BCUT2D eigenvalue weighted by atomic mass is 16.3. The van der Waals surface area contributed by atoms with Gasteiger partial charge in [0.25, 0.3) is 0 Å². The van der Waals surface area contributed by atoms with E-state index in [0.29, 0.717) is 5.92 Å². The summed E-state index contributed by atoms with van der Waals surface area (Å²) >= 11 is 0. The van der Waals surface area contributed by atoms with E-state index in [1.807, 2.05) is 19.1 Å². The van der Waals surface area contributed by atoms with Crippen LogP contribution in [0.1, 0.15) is 31.9 Å². The predicted octanol–water partition coefficient (Wildman–Crippen LogP) is 1.31. The lowest BCUT2D eigenvalue weighted by Gasteiger charge is -2.28. The summed E-state index contributed by atoms with van der Waals surface area (Å²) < 4.78 is 0. The minimum absolute atomic E-state index is 0.0334. The van der Waals surface area contributed by atoms with Gasteiger partial charge in [-0.15, -0.1) is 0 Å². The van der Waals surface area contributed by atoms with Gasteiger partial charge < -0.3 is 15.7 Å². The summed E-state index contributed by atoms with van der Waals surface area (Å²) in [6.07, 6.45) is 2.89. The summed E-state index contributed by atoms with van der Waals surface area (Å²) in [4.78, 5) is 6.65. The van der Waals surface area contributed by atoms with Crippen molar-refractivity contribution in [1.82, 2.24) is 4.98 Å². The lowest BCUT2D eigenvalue weighted by Crippen LogP contribution is -2.36. The van der Waals surface area contributed by atoms with Crippen molar-refractivity contribution < 1.29 is 5.11 Å². The van der Waals surface area contributed by atoms with Gasteiger partial charge in [-0.1, -0.05) is 13.0 Å². The van der Waals surface area contributed by atoms with E-state index in [1.165, 1.54) is 0 Å². The summed E-state index contributed by atoms with van der Waals surface area (Å²) in [5.41, 5.74) is 7.03. The Morgan fingerprint density at radius 2 is 2.41 bits per heavy atom. The molecule has 1 aromatic heterocycles. The van der Waals surface area contributed by atoms with Crippen molar-refractivity contribution in [1.29, 1.82) is 0 Å². The van der Waals surface area contributed by atoms with Crippen LogP contribution >= 0.6 is 0 Å². The first-order valence-electron chi connectivity index (χ1n) is 6.23. The molecule has 0 amide bonds. The van der Waals surface area contributed by atoms with Gasteiger partial charge in [-0.25, -0.2) is 4.98 Å². The zero-order valence-electron chi connectivity index (χ0n) is 10.5. The third-order valence-corrected chi connectivity index (χ3v) is 3.65. The highest BCUT2D eigenvalue weighted by molar-refractivity contribution is 5.50. The number of nitrogens with two attached hydrogens (primary N) is 1. The molecule has 3 atom stereocenters. The summed E-state index contributed by atoms with van der Waals surface area (Å²) in [7, 11) is 0. The van der Waals surface area contributed by atoms with Crippen LogP contribution in [0.5, 0.6) is 0 Å². The van der Waals surface area contributed by atoms with E-state index in [-0.39, 0.29) is 18.7 Å². The number of anilines is 1. The molecule has 4 nitrogen and oxygen atoms in total. The molecule has 2 heterocycles. The fourth-order valence-corrected chi connectivity index (χ4v) is 2.55. The molecule has 0 saturated carbocycles. The second kappa shape index (κ2) is 5.02. The van der Waals surface area contributed by atoms with Crippen molar-refractivity contribution in [3.8, 4) is 0 Å². The summed E-state index contributed by atoms with van der Waals surface area (Å²) in [6, 6.07) is 4.07. The molecule has 4 heteroatoms. The van der Waals surface area contributed by atoms with E-state index >= 15 is 0 Å². The topological polar surface area (TPSA) is 62.4 Å². The molecule has 94 valence electrons. The first-order valence-corrected chi connectivity index (χ1v) is 6.23. The van der Waals surface area contributed by atoms with Crippen LogP contribution in [-0.4, -0.2) is 29.3 Å². The fraction of sp³-hybridized carbons (Fsp3) is 0.615. The predicted molar refractivity (Wildman–Crippen MR) is 68.8 cm³/mol. The summed E-state index contributed by atoms with van der Waals surface area (Å²) in [5.74, 6) is 1.44. The number of rotatable bonds is 3. The molecular formula is C13H21N3O. The number of hydrogen-bond donors (Lipinski definition) is 2. The average Bonchev–Trinajstić information content (AvgIpc) is 2.70. The van der Waals surface area contributed by atoms with Gasteiger partial charge in [0.1, 0.15) is 5.82 Å². The molecule has 1 saturated heterocycles. The van der Waals surface area contributed by atoms with Crippen molar-refractivity contribution >= 4 is 5.82 Å². The molecule has 3 N–H and O–H groups in total. The second-order valence-corrected chi connectivity index (χ2v) is 4.91. The Balaban J connectivity index is 2.33. The molecule has 3 unspecified atom stereocenters. The van der Waals surface area contributed by atoms with Crippen LogP contribution < -0.4 is 10.6 Å². The molecule has 2 rings (SSSR count). The van der Waals surface area contributed by atoms with E-state index in [1.54, 1.807) is 6.20 Å². The molecule has 1 aromatic rings. The summed E-state index contributed by atoms with van der Waals surface area (Å²) in [6.45, 7) is 5.27. The van der Waals surface area contributed by atoms with E-state index in [9.17, 15) is 5.11 Å². The molecule has 1 aliphatic rings. The van der Waals surface area contributed by atoms with Crippen LogP contribution in [-0.2, 0) is 0 Å². The number of aliphatic hydroxyl groups is 1. The number of hydrogen-bond acceptors (Lipinski definition) is 4. The number of aliphatic hydroxyl groups excluding tert-OH is 1. The average molecular weight is 235 g/mol. The van der Waals surface area contributed by atoms with Crippen LogP contribution in [0.25, 0.3) is 0 Å². The zero-order chi connectivity index (χ0) is 12.4. The second-order valence-electron chi connectivity index (χ2n) is 4.91. The zero-order valence-corrected chi connectivity index (χ0v) is 10.5. The van der Waals surface area contributed by atoms with Gasteiger partial charge in [0.05, 0.1) is 12.6 Å². The van der Waals surface area contributed by atoms with Gasteiger partial charge in [-0.05, 0) is 25.3 Å². The highest BCUT2D eigenvalue weighted by Crippen LogP contribution is 2.31. The maximum absolute atomic E-state index is 9.50. The molecule has 0 spiro atoms. The molecule has 1 aliphatic heterocycles. The number of nitrogens with zero attached hydrogens (tertiary/aromatic N) is 2. The molecule has 0 radical (unpaired) electrons. The molecule has 0 aromatic carbocycles. The highest BCUT2D eigenvalue weighted by Gasteiger charge is 2.32. The maximum Gasteiger partial charge on any atom is 0.133 e. The minimum Gasteiger partial charge on any atom is -0.394 e. The van der Waals surface area contributed by atoms with E-state index in [0.717, 1.165) is 24.3 Å². The van der Waals surface area contributed by atoms with Crippen LogP contribution in [0.15, 0.2) is 18.3 Å². The fourth-order valence-electron chi connectivity index (χ4n) is 2.55. The van der Waals surface area contributed by atoms with Crippen LogP contribution in [0.2, 0.25) is 0 Å². The van der Waals surface area contributed by atoms with Crippen molar-refractivity contribution in [3.05, 3.63) is 23.9 Å². The largest absolute Gasteiger partial charge is 0.394 e. The Hall–Kier alpha value is -1.13. The standard InChI is InChI=1S/C13H21N3O/c1-9-5-7-16(12(9)8-17)13-11(10(2)14)4-3-6-15-13/h3-4,6,9-10,12,17H,5,7-8,14H2,1-2H3. The number of pyridine rings is 1. The molecular weight excluding hydrogens is 214 g/mol. The third kappa shape index (κ3) is 2.28. The normalized spacial score (nSPS) is 26.2. The molecule has 0 bridgehead atoms. The lowest BCUT2D eigenvalue weighted by molar-refractivity contribution is 0.244. The summed E-state index contributed by atoms with van der Waals surface area (Å²) in [5, 5.41) is 9.50. The van der Waals surface area contributed by atoms with Gasteiger partial charge in [0.15, 0.2) is 0 Å². The van der Waals surface area contributed by atoms with Gasteiger partial charge in [-0.3, -0.25) is 0 Å². The van der Waals surface area contributed by atoms with E-state index in [4.69, 9.17) is 5.73 Å². The molecule has 0 aliphatic carbocycles. The van der Waals surface area contributed by atoms with Crippen LogP contribution in [0, 0.1) is 5.92 Å². The Bertz CT molecular complexity index is 381. The van der Waals surface area contributed by atoms with Gasteiger partial charge in [-0.2, -0.15) is 0 Å². The Morgan fingerprint density at radius 1 is 1.65 bits per heavy atom. The Labute approximate surface area is 102 Å². The van der Waals surface area contributed by atoms with Crippen molar-refractivity contribution in [2.45, 2.75) is 32.4 Å². The lowest BCUT2D eigenvalue weighted by atomic mass is 10.0. The van der Waals surface area contributed by atoms with Crippen molar-refractivity contribution in [2.75, 3.05) is 18.1 Å². The smallest absolute Gasteiger partial charge is 0.133 e. The van der Waals surface area contributed by atoms with Gasteiger partial charge >= 0.3 is 0 Å². The first kappa shape index (κ1) is 12.3. The van der Waals surface area contributed by atoms with Crippen LogP contribution in [0.3, 0.4) is 0 Å². The van der Waals surface area contributed by atoms with Crippen molar-refractivity contribution in [3.63, 3.8) is 0 Å². The van der Waals surface area contributed by atoms with E-state index in [2.05, 4.69) is 16.8 Å². The first-order chi connectivity index (χ1) is 8.15. The molecule has 1 fully saturated rings. The number of aromatic nitrogens is 1. The van der Waals surface area contributed by atoms with Gasteiger partial charge in [0, 0.05) is 24.3 Å². The van der Waals surface area contributed by atoms with Crippen LogP contribution in [0.4, 0.5) is 5.82 Å². The SMILES string of the molecule is CC(N)c1cccnc1N1CCC(C)C1CO.